The minimum Gasteiger partial charge on any atom is -0.481 e. The van der Waals surface area contributed by atoms with Crippen molar-refractivity contribution in [2.45, 2.75) is 26.3 Å². The molecule has 0 aliphatic carbocycles. The van der Waals surface area contributed by atoms with Crippen molar-refractivity contribution >= 4 is 5.97 Å². The molecule has 2 N–H and O–H groups in total. The Morgan fingerprint density at radius 3 is 2.50 bits per heavy atom. The molecule has 1 unspecified atom stereocenters. The molecule has 0 aromatic rings. The van der Waals surface area contributed by atoms with Crippen LogP contribution in [-0.4, -0.2) is 33.9 Å². The number of hydrogen-bond donors (Lipinski definition) is 2. The maximum Gasteiger partial charge on any atom is 0.305 e. The van der Waals surface area contributed by atoms with Crippen LogP contribution >= 0.6 is 0 Å². The minimum absolute atomic E-state index is 0.0235. The van der Waals surface area contributed by atoms with E-state index < -0.39 is 5.97 Å². The fourth-order valence-corrected chi connectivity index (χ4v) is 0.670. The molecule has 0 amide bonds. The first-order chi connectivity index (χ1) is 4.57. The molecule has 0 bridgehead atoms. The Morgan fingerprint density at radius 1 is 1.70 bits per heavy atom. The number of carbonyl (C=O) groups is 1. The maximum absolute atomic E-state index is 10.1. The first kappa shape index (κ1) is 9.39. The third-order valence-electron chi connectivity index (χ3n) is 1.30. The summed E-state index contributed by atoms with van der Waals surface area (Å²) in [6, 6.07) is -0.303. The van der Waals surface area contributed by atoms with E-state index in [0.29, 0.717) is 6.54 Å². The molecule has 60 valence electrons. The van der Waals surface area contributed by atoms with Gasteiger partial charge in [-0.25, -0.2) is 0 Å². The summed E-state index contributed by atoms with van der Waals surface area (Å²) in [6.45, 7) is 3.88. The Morgan fingerprint density at radius 2 is 2.20 bits per heavy atom. The van der Waals surface area contributed by atoms with Crippen LogP contribution < -0.4 is 0 Å². The van der Waals surface area contributed by atoms with Crippen LogP contribution in [0.3, 0.4) is 0 Å². The molecule has 10 heavy (non-hydrogen) atoms. The summed E-state index contributed by atoms with van der Waals surface area (Å²) in [5, 5.41) is 18.2. The number of nitrogens with zero attached hydrogens (tertiary/aromatic N) is 1. The standard InChI is InChI=1S/C6H13NO3/c1-3-7(10)5(2)4-6(8)9/h5,10H,3-4H2,1-2H3,(H,8,9). The number of carboxylic acid groups (broad SMARTS) is 1. The molecule has 0 aliphatic heterocycles. The number of hydrogen-bond acceptors (Lipinski definition) is 3. The Kier molecular flexibility index (Phi) is 3.99. The molecule has 4 heteroatoms. The zero-order chi connectivity index (χ0) is 8.15. The van der Waals surface area contributed by atoms with Crippen molar-refractivity contribution < 1.29 is 15.1 Å². The number of hydroxylamine groups is 2. The van der Waals surface area contributed by atoms with Gasteiger partial charge in [-0.15, -0.1) is 0 Å². The van der Waals surface area contributed by atoms with Gasteiger partial charge in [0.1, 0.15) is 0 Å². The fraction of sp³-hybridized carbons (Fsp3) is 0.833. The topological polar surface area (TPSA) is 60.8 Å². The van der Waals surface area contributed by atoms with E-state index in [9.17, 15) is 4.79 Å². The molecule has 0 aromatic heterocycles. The largest absolute Gasteiger partial charge is 0.481 e. The lowest BCUT2D eigenvalue weighted by Crippen LogP contribution is -2.31. The van der Waals surface area contributed by atoms with Crippen molar-refractivity contribution in [1.82, 2.24) is 5.06 Å². The van der Waals surface area contributed by atoms with Gasteiger partial charge in [-0.05, 0) is 6.92 Å². The highest BCUT2D eigenvalue weighted by molar-refractivity contribution is 5.67. The maximum atomic E-state index is 10.1. The molecule has 0 saturated heterocycles. The van der Waals surface area contributed by atoms with Crippen LogP contribution in [0.5, 0.6) is 0 Å². The van der Waals surface area contributed by atoms with E-state index in [4.69, 9.17) is 10.3 Å². The van der Waals surface area contributed by atoms with Gasteiger partial charge in [-0.2, -0.15) is 5.06 Å². The van der Waals surface area contributed by atoms with E-state index in [-0.39, 0.29) is 12.5 Å². The van der Waals surface area contributed by atoms with E-state index in [1.165, 1.54) is 0 Å². The predicted molar refractivity (Wildman–Crippen MR) is 35.9 cm³/mol. The van der Waals surface area contributed by atoms with Crippen LogP contribution in [-0.2, 0) is 4.79 Å². The van der Waals surface area contributed by atoms with Gasteiger partial charge in [0.15, 0.2) is 0 Å². The summed E-state index contributed by atoms with van der Waals surface area (Å²) in [5.41, 5.74) is 0. The zero-order valence-corrected chi connectivity index (χ0v) is 6.24. The second-order valence-electron chi connectivity index (χ2n) is 2.20. The second-order valence-corrected chi connectivity index (χ2v) is 2.20. The summed E-state index contributed by atoms with van der Waals surface area (Å²) in [4.78, 5) is 10.1. The summed E-state index contributed by atoms with van der Waals surface area (Å²) < 4.78 is 0. The SMILES string of the molecule is CCN(O)C(C)CC(=O)O. The van der Waals surface area contributed by atoms with Crippen LogP contribution in [0.4, 0.5) is 0 Å². The van der Waals surface area contributed by atoms with Gasteiger partial charge in [0.25, 0.3) is 0 Å². The van der Waals surface area contributed by atoms with E-state index >= 15 is 0 Å². The predicted octanol–water partition coefficient (Wildman–Crippen LogP) is 0.561. The van der Waals surface area contributed by atoms with Crippen molar-refractivity contribution in [3.8, 4) is 0 Å². The molecule has 4 nitrogen and oxygen atoms in total. The van der Waals surface area contributed by atoms with Crippen molar-refractivity contribution in [2.24, 2.45) is 0 Å². The highest BCUT2D eigenvalue weighted by Gasteiger charge is 2.12. The first-order valence-electron chi connectivity index (χ1n) is 3.25. The molecule has 0 spiro atoms. The van der Waals surface area contributed by atoms with E-state index in [2.05, 4.69) is 0 Å². The van der Waals surface area contributed by atoms with Crippen LogP contribution in [0.15, 0.2) is 0 Å². The van der Waals surface area contributed by atoms with Gasteiger partial charge in [0.05, 0.1) is 6.42 Å². The summed E-state index contributed by atoms with van der Waals surface area (Å²) >= 11 is 0. The molecule has 0 radical (unpaired) electrons. The first-order valence-corrected chi connectivity index (χ1v) is 3.25. The summed E-state index contributed by atoms with van der Waals surface area (Å²) in [5.74, 6) is -0.889. The second kappa shape index (κ2) is 4.24. The third-order valence-corrected chi connectivity index (χ3v) is 1.30. The monoisotopic (exact) mass is 147 g/mol. The molecule has 0 aromatic carbocycles. The van der Waals surface area contributed by atoms with Gasteiger partial charge in [0, 0.05) is 12.6 Å². The van der Waals surface area contributed by atoms with Crippen molar-refractivity contribution in [3.63, 3.8) is 0 Å². The quantitative estimate of drug-likeness (QED) is 0.570. The highest BCUT2D eigenvalue weighted by atomic mass is 16.5. The van der Waals surface area contributed by atoms with Crippen molar-refractivity contribution in [1.29, 1.82) is 0 Å². The molecule has 0 aliphatic rings. The zero-order valence-electron chi connectivity index (χ0n) is 6.24. The van der Waals surface area contributed by atoms with E-state index in [1.54, 1.807) is 13.8 Å². The lowest BCUT2D eigenvalue weighted by molar-refractivity contribution is -0.149. The molecular weight excluding hydrogens is 134 g/mol. The highest BCUT2D eigenvalue weighted by Crippen LogP contribution is 1.98. The van der Waals surface area contributed by atoms with Gasteiger partial charge in [-0.1, -0.05) is 6.92 Å². The molecule has 0 heterocycles. The molecular formula is C6H13NO3. The normalized spacial score (nSPS) is 13.6. The van der Waals surface area contributed by atoms with Crippen LogP contribution in [0.2, 0.25) is 0 Å². The Hall–Kier alpha value is -0.610. The molecule has 0 saturated carbocycles. The third kappa shape index (κ3) is 3.42. The fourth-order valence-electron chi connectivity index (χ4n) is 0.670. The van der Waals surface area contributed by atoms with Gasteiger partial charge < -0.3 is 10.3 Å². The summed E-state index contributed by atoms with van der Waals surface area (Å²) in [7, 11) is 0. The smallest absolute Gasteiger partial charge is 0.305 e. The lowest BCUT2D eigenvalue weighted by Gasteiger charge is -2.18. The average Bonchev–Trinajstić information content (AvgIpc) is 1.85. The minimum atomic E-state index is -0.889. The van der Waals surface area contributed by atoms with Crippen molar-refractivity contribution in [3.05, 3.63) is 0 Å². The number of rotatable bonds is 4. The van der Waals surface area contributed by atoms with Crippen LogP contribution in [0.1, 0.15) is 20.3 Å². The Balaban J connectivity index is 3.61. The molecule has 1 atom stereocenters. The van der Waals surface area contributed by atoms with E-state index in [0.717, 1.165) is 5.06 Å². The van der Waals surface area contributed by atoms with Crippen LogP contribution in [0, 0.1) is 0 Å². The summed E-state index contributed by atoms with van der Waals surface area (Å²) in [6.07, 6.45) is -0.0235. The molecule has 0 rings (SSSR count). The number of carboxylic acids is 1. The Bertz CT molecular complexity index is 116. The van der Waals surface area contributed by atoms with Gasteiger partial charge in [-0.3, -0.25) is 4.79 Å². The molecule has 0 fully saturated rings. The van der Waals surface area contributed by atoms with Gasteiger partial charge >= 0.3 is 5.97 Å². The average molecular weight is 147 g/mol. The number of aliphatic carboxylic acids is 1. The Labute approximate surface area is 60.0 Å². The van der Waals surface area contributed by atoms with E-state index in [1.807, 2.05) is 0 Å². The lowest BCUT2D eigenvalue weighted by atomic mass is 10.2. The van der Waals surface area contributed by atoms with Gasteiger partial charge in [0.2, 0.25) is 0 Å². The van der Waals surface area contributed by atoms with Crippen molar-refractivity contribution in [2.75, 3.05) is 6.54 Å². The van der Waals surface area contributed by atoms with Crippen LogP contribution in [0.25, 0.3) is 0 Å².